The van der Waals surface area contributed by atoms with Gasteiger partial charge in [0.25, 0.3) is 5.91 Å². The molecule has 0 radical (unpaired) electrons. The van der Waals surface area contributed by atoms with Gasteiger partial charge in [-0.3, -0.25) is 9.59 Å². The Morgan fingerprint density at radius 3 is 2.85 bits per heavy atom. The van der Waals surface area contributed by atoms with Gasteiger partial charge in [0.2, 0.25) is 6.79 Å². The van der Waals surface area contributed by atoms with E-state index in [-0.39, 0.29) is 19.0 Å². The summed E-state index contributed by atoms with van der Waals surface area (Å²) in [5.41, 5.74) is -0.296. The summed E-state index contributed by atoms with van der Waals surface area (Å²) in [6.45, 7) is 0.173. The minimum Gasteiger partial charge on any atom is -0.454 e. The number of anilines is 1. The highest BCUT2D eigenvalue weighted by atomic mass is 35.5. The van der Waals surface area contributed by atoms with Gasteiger partial charge in [0.1, 0.15) is 0 Å². The van der Waals surface area contributed by atoms with Gasteiger partial charge in [-0.15, -0.1) is 0 Å². The predicted molar refractivity (Wildman–Crippen MR) is 100.0 cm³/mol. The van der Waals surface area contributed by atoms with Gasteiger partial charge in [0.15, 0.2) is 22.9 Å². The Balaban J connectivity index is 1.56. The van der Waals surface area contributed by atoms with Crippen molar-refractivity contribution in [3.63, 3.8) is 0 Å². The molecule has 0 saturated heterocycles. The average Bonchev–Trinajstić information content (AvgIpc) is 3.18. The van der Waals surface area contributed by atoms with Gasteiger partial charge in [-0.05, 0) is 42.0 Å². The van der Waals surface area contributed by atoms with Crippen molar-refractivity contribution >= 4 is 35.1 Å². The molecular weight excluding hydrogens is 370 g/mol. The number of aliphatic hydroxyl groups is 1. The molecule has 1 atom stereocenters. The van der Waals surface area contributed by atoms with E-state index in [0.29, 0.717) is 27.8 Å². The summed E-state index contributed by atoms with van der Waals surface area (Å²) >= 11 is 6.01. The Morgan fingerprint density at radius 2 is 2.04 bits per heavy atom. The number of rotatable bonds is 4. The lowest BCUT2D eigenvalue weighted by molar-refractivity contribution is -0.140. The highest BCUT2D eigenvalue weighted by molar-refractivity contribution is 6.31. The van der Waals surface area contributed by atoms with Crippen molar-refractivity contribution in [3.8, 4) is 11.5 Å². The molecule has 27 heavy (non-hydrogen) atoms. The number of hydrogen-bond donors (Lipinski definition) is 1. The molecule has 0 aromatic heterocycles. The molecule has 2 aliphatic rings. The van der Waals surface area contributed by atoms with Crippen LogP contribution in [0, 0.1) is 0 Å². The second-order valence-corrected chi connectivity index (χ2v) is 6.91. The lowest BCUT2D eigenvalue weighted by atomic mass is 9.89. The quantitative estimate of drug-likeness (QED) is 0.819. The number of benzene rings is 2. The largest absolute Gasteiger partial charge is 0.454 e. The van der Waals surface area contributed by atoms with Crippen molar-refractivity contribution in [2.45, 2.75) is 12.0 Å². The number of halogens is 1. The third kappa shape index (κ3) is 2.97. The first-order valence-electron chi connectivity index (χ1n) is 8.29. The lowest BCUT2D eigenvalue weighted by Crippen LogP contribution is -2.40. The molecule has 1 N–H and O–H groups in total. The number of allylic oxidation sites excluding steroid dienone is 1. The Morgan fingerprint density at radius 1 is 1.26 bits per heavy atom. The number of carbonyl (C=O) groups excluding carboxylic acids is 2. The summed E-state index contributed by atoms with van der Waals surface area (Å²) in [7, 11) is 1.56. The molecule has 4 rings (SSSR count). The second-order valence-electron chi connectivity index (χ2n) is 6.48. The van der Waals surface area contributed by atoms with E-state index >= 15 is 0 Å². The zero-order chi connectivity index (χ0) is 19.2. The fourth-order valence-corrected chi connectivity index (χ4v) is 3.49. The maximum atomic E-state index is 12.6. The smallest absolute Gasteiger partial charge is 0.263 e. The van der Waals surface area contributed by atoms with Gasteiger partial charge in [0.05, 0.1) is 12.1 Å². The number of likely N-dealkylation sites (N-methyl/N-ethyl adjacent to an activating group) is 1. The van der Waals surface area contributed by atoms with E-state index in [1.54, 1.807) is 43.5 Å². The average molecular weight is 386 g/mol. The van der Waals surface area contributed by atoms with Crippen LogP contribution in [0.4, 0.5) is 5.69 Å². The van der Waals surface area contributed by atoms with Crippen molar-refractivity contribution < 1.29 is 24.2 Å². The normalized spacial score (nSPS) is 20.4. The molecule has 2 aromatic carbocycles. The molecule has 0 spiro atoms. The first kappa shape index (κ1) is 17.6. The zero-order valence-corrected chi connectivity index (χ0v) is 15.2. The molecular formula is C20H16ClNO5. The van der Waals surface area contributed by atoms with E-state index in [9.17, 15) is 14.7 Å². The van der Waals surface area contributed by atoms with Crippen molar-refractivity contribution in [2.75, 3.05) is 18.7 Å². The Hall–Kier alpha value is -2.83. The number of amides is 1. The molecule has 0 saturated carbocycles. The number of carbonyl (C=O) groups is 2. The standard InChI is InChI=1S/C20H16ClNO5/c1-22-16-6-4-13(21)9-15(16)20(25,19(22)24)10-14(23)5-2-12-3-7-17-18(8-12)27-11-26-17/h2-9,25H,10-11H2,1H3/b5-2+. The summed E-state index contributed by atoms with van der Waals surface area (Å²) < 4.78 is 10.5. The van der Waals surface area contributed by atoms with Gasteiger partial charge in [-0.2, -0.15) is 0 Å². The van der Waals surface area contributed by atoms with E-state index in [4.69, 9.17) is 21.1 Å². The van der Waals surface area contributed by atoms with Crippen LogP contribution in [0.1, 0.15) is 17.5 Å². The van der Waals surface area contributed by atoms with E-state index in [1.165, 1.54) is 17.0 Å². The molecule has 1 unspecified atom stereocenters. The van der Waals surface area contributed by atoms with E-state index in [1.807, 2.05) is 0 Å². The summed E-state index contributed by atoms with van der Waals surface area (Å²) in [4.78, 5) is 26.3. The van der Waals surface area contributed by atoms with Crippen LogP contribution in [-0.2, 0) is 15.2 Å². The molecule has 2 aromatic rings. The van der Waals surface area contributed by atoms with Crippen molar-refractivity contribution in [1.29, 1.82) is 0 Å². The van der Waals surface area contributed by atoms with Crippen LogP contribution in [0.15, 0.2) is 42.5 Å². The minimum absolute atomic E-state index is 0.173. The molecule has 0 aliphatic carbocycles. The fourth-order valence-electron chi connectivity index (χ4n) is 3.32. The van der Waals surface area contributed by atoms with Gasteiger partial charge < -0.3 is 19.5 Å². The number of nitrogens with zero attached hydrogens (tertiary/aromatic N) is 1. The number of fused-ring (bicyclic) bond motifs is 2. The molecule has 2 aliphatic heterocycles. The topological polar surface area (TPSA) is 76.1 Å². The van der Waals surface area contributed by atoms with Crippen molar-refractivity contribution in [3.05, 3.63) is 58.6 Å². The van der Waals surface area contributed by atoms with Crippen LogP contribution in [0.25, 0.3) is 6.08 Å². The molecule has 0 bridgehead atoms. The highest BCUT2D eigenvalue weighted by Gasteiger charge is 2.49. The second kappa shape index (κ2) is 6.40. The summed E-state index contributed by atoms with van der Waals surface area (Å²) in [6.07, 6.45) is 2.57. The van der Waals surface area contributed by atoms with Crippen LogP contribution in [0.5, 0.6) is 11.5 Å². The summed E-state index contributed by atoms with van der Waals surface area (Å²) in [5.74, 6) is 0.328. The van der Waals surface area contributed by atoms with E-state index in [2.05, 4.69) is 0 Å². The van der Waals surface area contributed by atoms with Crippen LogP contribution < -0.4 is 14.4 Å². The third-order valence-electron chi connectivity index (χ3n) is 4.71. The van der Waals surface area contributed by atoms with E-state index < -0.39 is 11.5 Å². The fraction of sp³-hybridized carbons (Fsp3) is 0.200. The first-order chi connectivity index (χ1) is 12.9. The van der Waals surface area contributed by atoms with Crippen LogP contribution in [0.3, 0.4) is 0 Å². The summed E-state index contributed by atoms with van der Waals surface area (Å²) in [6, 6.07) is 10.1. The molecule has 1 amide bonds. The van der Waals surface area contributed by atoms with Gasteiger partial charge in [-0.1, -0.05) is 23.7 Å². The minimum atomic E-state index is -1.93. The maximum Gasteiger partial charge on any atom is 0.263 e. The molecule has 7 heteroatoms. The monoisotopic (exact) mass is 385 g/mol. The van der Waals surface area contributed by atoms with Crippen molar-refractivity contribution in [2.24, 2.45) is 0 Å². The third-order valence-corrected chi connectivity index (χ3v) is 4.95. The van der Waals surface area contributed by atoms with Gasteiger partial charge in [0, 0.05) is 17.6 Å². The van der Waals surface area contributed by atoms with E-state index in [0.717, 1.165) is 5.56 Å². The molecule has 0 fully saturated rings. The lowest BCUT2D eigenvalue weighted by Gasteiger charge is -2.20. The first-order valence-corrected chi connectivity index (χ1v) is 8.67. The number of ketones is 1. The van der Waals surface area contributed by atoms with Gasteiger partial charge in [-0.25, -0.2) is 0 Å². The van der Waals surface area contributed by atoms with Crippen LogP contribution >= 0.6 is 11.6 Å². The number of ether oxygens (including phenoxy) is 2. The zero-order valence-electron chi connectivity index (χ0n) is 14.4. The Bertz CT molecular complexity index is 986. The van der Waals surface area contributed by atoms with Crippen molar-refractivity contribution in [1.82, 2.24) is 0 Å². The molecule has 138 valence electrons. The SMILES string of the molecule is CN1C(=O)C(O)(CC(=O)/C=C/c2ccc3c(c2)OCO3)c2cc(Cl)ccc21. The molecule has 2 heterocycles. The highest BCUT2D eigenvalue weighted by Crippen LogP contribution is 2.43. The summed E-state index contributed by atoms with van der Waals surface area (Å²) in [5, 5.41) is 11.3. The van der Waals surface area contributed by atoms with Crippen LogP contribution in [0.2, 0.25) is 5.02 Å². The maximum absolute atomic E-state index is 12.6. The van der Waals surface area contributed by atoms with Crippen LogP contribution in [-0.4, -0.2) is 30.6 Å². The Labute approximate surface area is 160 Å². The van der Waals surface area contributed by atoms with Gasteiger partial charge >= 0.3 is 0 Å². The molecule has 6 nitrogen and oxygen atoms in total. The number of hydrogen-bond acceptors (Lipinski definition) is 5. The Kier molecular flexibility index (Phi) is 4.17. The predicted octanol–water partition coefficient (Wildman–Crippen LogP) is 2.91.